The third kappa shape index (κ3) is 1.77. The van der Waals surface area contributed by atoms with Crippen LogP contribution in [0.1, 0.15) is 51.5 Å². The Morgan fingerprint density at radius 3 is 2.95 bits per heavy atom. The highest BCUT2D eigenvalue weighted by Crippen LogP contribution is 2.56. The first kappa shape index (κ1) is 13.9. The van der Waals surface area contributed by atoms with Crippen molar-refractivity contribution in [3.8, 4) is 11.5 Å². The van der Waals surface area contributed by atoms with E-state index in [0.717, 1.165) is 43.4 Å². The quantitative estimate of drug-likeness (QED) is 0.784. The van der Waals surface area contributed by atoms with Crippen molar-refractivity contribution in [3.63, 3.8) is 0 Å². The minimum absolute atomic E-state index is 0.0141. The Kier molecular flexibility index (Phi) is 2.91. The van der Waals surface area contributed by atoms with Crippen LogP contribution in [0.2, 0.25) is 0 Å². The monoisotopic (exact) mass is 298 g/mol. The SMILES string of the molecule is C[C@H]1Oc2cc(O)ccc2C2=C1[C@@H]1CCCC(=O)[C@@]1(C)CC2. The van der Waals surface area contributed by atoms with Crippen LogP contribution >= 0.6 is 0 Å². The summed E-state index contributed by atoms with van der Waals surface area (Å²) in [4.78, 5) is 12.5. The van der Waals surface area contributed by atoms with Gasteiger partial charge in [-0.25, -0.2) is 0 Å². The molecule has 3 nitrogen and oxygen atoms in total. The third-order valence-corrected chi connectivity index (χ3v) is 5.95. The molecule has 1 saturated carbocycles. The van der Waals surface area contributed by atoms with Crippen LogP contribution in [0.3, 0.4) is 0 Å². The van der Waals surface area contributed by atoms with Crippen molar-refractivity contribution in [1.82, 2.24) is 0 Å². The first-order valence-corrected chi connectivity index (χ1v) is 8.27. The largest absolute Gasteiger partial charge is 0.508 e. The lowest BCUT2D eigenvalue weighted by molar-refractivity contribution is -0.134. The molecule has 0 radical (unpaired) electrons. The van der Waals surface area contributed by atoms with E-state index in [0.29, 0.717) is 11.7 Å². The van der Waals surface area contributed by atoms with Gasteiger partial charge in [-0.2, -0.15) is 0 Å². The standard InChI is InChI=1S/C19H22O3/c1-11-18-14(13-7-6-12(20)10-16(13)22-11)8-9-19(2)15(18)4-3-5-17(19)21/h6-7,10-11,15,20H,3-5,8-9H2,1-2H3/t11-,15+,19+/m1/s1. The second-order valence-corrected chi connectivity index (χ2v) is 7.16. The van der Waals surface area contributed by atoms with Gasteiger partial charge in [-0.15, -0.1) is 0 Å². The van der Waals surface area contributed by atoms with Crippen LogP contribution < -0.4 is 4.74 Å². The number of hydrogen-bond acceptors (Lipinski definition) is 3. The molecule has 1 aromatic rings. The summed E-state index contributed by atoms with van der Waals surface area (Å²) in [5.74, 6) is 1.76. The summed E-state index contributed by atoms with van der Waals surface area (Å²) in [5.41, 5.74) is 3.58. The second kappa shape index (κ2) is 4.61. The van der Waals surface area contributed by atoms with E-state index in [1.807, 2.05) is 6.07 Å². The molecular formula is C19H22O3. The van der Waals surface area contributed by atoms with Gasteiger partial charge in [0.25, 0.3) is 0 Å². The lowest BCUT2D eigenvalue weighted by Crippen LogP contribution is -2.46. The lowest BCUT2D eigenvalue weighted by atomic mass is 9.56. The van der Waals surface area contributed by atoms with Crippen LogP contribution in [-0.2, 0) is 4.79 Å². The van der Waals surface area contributed by atoms with E-state index in [9.17, 15) is 9.90 Å². The average Bonchev–Trinajstić information content (AvgIpc) is 2.48. The van der Waals surface area contributed by atoms with E-state index >= 15 is 0 Å². The Bertz CT molecular complexity index is 688. The topological polar surface area (TPSA) is 46.5 Å². The van der Waals surface area contributed by atoms with E-state index in [-0.39, 0.29) is 17.3 Å². The van der Waals surface area contributed by atoms with Gasteiger partial charge in [0.05, 0.1) is 0 Å². The average molecular weight is 298 g/mol. The van der Waals surface area contributed by atoms with Crippen molar-refractivity contribution in [2.24, 2.45) is 11.3 Å². The molecule has 2 aliphatic carbocycles. The molecule has 116 valence electrons. The number of carbonyl (C=O) groups excluding carboxylic acids is 1. The van der Waals surface area contributed by atoms with Crippen molar-refractivity contribution >= 4 is 11.4 Å². The first-order chi connectivity index (χ1) is 10.5. The van der Waals surface area contributed by atoms with E-state index in [2.05, 4.69) is 13.8 Å². The number of carbonyl (C=O) groups is 1. The van der Waals surface area contributed by atoms with E-state index in [4.69, 9.17) is 4.74 Å². The number of allylic oxidation sites excluding steroid dienone is 1. The molecule has 1 fully saturated rings. The molecule has 0 saturated heterocycles. The molecule has 22 heavy (non-hydrogen) atoms. The van der Waals surface area contributed by atoms with Gasteiger partial charge < -0.3 is 9.84 Å². The zero-order valence-electron chi connectivity index (χ0n) is 13.2. The number of phenols is 1. The van der Waals surface area contributed by atoms with Crippen molar-refractivity contribution in [1.29, 1.82) is 0 Å². The van der Waals surface area contributed by atoms with E-state index in [1.165, 1.54) is 11.1 Å². The lowest BCUT2D eigenvalue weighted by Gasteiger charge is -2.48. The number of benzene rings is 1. The summed E-state index contributed by atoms with van der Waals surface area (Å²) in [6.07, 6.45) is 4.66. The van der Waals surface area contributed by atoms with Crippen molar-refractivity contribution in [3.05, 3.63) is 29.3 Å². The normalized spacial score (nSPS) is 33.6. The van der Waals surface area contributed by atoms with Crippen molar-refractivity contribution in [2.45, 2.75) is 52.1 Å². The van der Waals surface area contributed by atoms with Crippen molar-refractivity contribution < 1.29 is 14.6 Å². The number of hydrogen-bond donors (Lipinski definition) is 1. The van der Waals surface area contributed by atoms with Gasteiger partial charge >= 0.3 is 0 Å². The van der Waals surface area contributed by atoms with Gasteiger partial charge in [0, 0.05) is 23.5 Å². The molecular weight excluding hydrogens is 276 g/mol. The summed E-state index contributed by atoms with van der Waals surface area (Å²) in [6.45, 7) is 4.23. The zero-order valence-corrected chi connectivity index (χ0v) is 13.2. The Balaban J connectivity index is 1.87. The molecule has 1 aromatic carbocycles. The molecule has 0 bridgehead atoms. The highest BCUT2D eigenvalue weighted by molar-refractivity contribution is 5.89. The predicted octanol–water partition coefficient (Wildman–Crippen LogP) is 4.10. The van der Waals surface area contributed by atoms with Crippen LogP contribution in [0.5, 0.6) is 11.5 Å². The fraction of sp³-hybridized carbons (Fsp3) is 0.526. The maximum atomic E-state index is 12.5. The van der Waals surface area contributed by atoms with E-state index in [1.54, 1.807) is 12.1 Å². The van der Waals surface area contributed by atoms with Crippen molar-refractivity contribution in [2.75, 3.05) is 0 Å². The number of ketones is 1. The molecule has 0 unspecified atom stereocenters. The van der Waals surface area contributed by atoms with Crippen LogP contribution in [0, 0.1) is 11.3 Å². The van der Waals surface area contributed by atoms with Gasteiger partial charge in [-0.3, -0.25) is 4.79 Å². The maximum absolute atomic E-state index is 12.5. The summed E-state index contributed by atoms with van der Waals surface area (Å²) in [5, 5.41) is 9.69. The van der Waals surface area contributed by atoms with Crippen LogP contribution in [-0.4, -0.2) is 17.0 Å². The number of phenolic OH excluding ortho intramolecular Hbond substituents is 1. The Morgan fingerprint density at radius 2 is 2.14 bits per heavy atom. The molecule has 0 amide bonds. The molecule has 1 heterocycles. The number of aromatic hydroxyl groups is 1. The first-order valence-electron chi connectivity index (χ1n) is 8.27. The summed E-state index contributed by atoms with van der Waals surface area (Å²) < 4.78 is 6.08. The summed E-state index contributed by atoms with van der Waals surface area (Å²) in [7, 11) is 0. The van der Waals surface area contributed by atoms with Gasteiger partial charge in [0.1, 0.15) is 23.4 Å². The molecule has 1 N–H and O–H groups in total. The Hall–Kier alpha value is -1.77. The summed E-state index contributed by atoms with van der Waals surface area (Å²) >= 11 is 0. The number of fused-ring (bicyclic) bond motifs is 4. The highest BCUT2D eigenvalue weighted by atomic mass is 16.5. The second-order valence-electron chi connectivity index (χ2n) is 7.16. The fourth-order valence-corrected chi connectivity index (χ4v) is 4.75. The van der Waals surface area contributed by atoms with Crippen LogP contribution in [0.4, 0.5) is 0 Å². The smallest absolute Gasteiger partial charge is 0.139 e. The summed E-state index contributed by atoms with van der Waals surface area (Å²) in [6, 6.07) is 5.39. The molecule has 4 rings (SSSR count). The third-order valence-electron chi connectivity index (χ3n) is 5.95. The highest BCUT2D eigenvalue weighted by Gasteiger charge is 2.50. The molecule has 1 aliphatic heterocycles. The molecule has 3 atom stereocenters. The van der Waals surface area contributed by atoms with Crippen LogP contribution in [0.25, 0.3) is 5.57 Å². The molecule has 0 aromatic heterocycles. The number of ether oxygens (including phenoxy) is 1. The van der Waals surface area contributed by atoms with E-state index < -0.39 is 0 Å². The van der Waals surface area contributed by atoms with Gasteiger partial charge in [0.2, 0.25) is 0 Å². The Labute approximate surface area is 131 Å². The fourth-order valence-electron chi connectivity index (χ4n) is 4.75. The van der Waals surface area contributed by atoms with Gasteiger partial charge in [-0.1, -0.05) is 6.92 Å². The number of Topliss-reactive ketones (excluding diaryl/α,β-unsaturated/α-hetero) is 1. The van der Waals surface area contributed by atoms with Gasteiger partial charge in [-0.05, 0) is 61.8 Å². The minimum Gasteiger partial charge on any atom is -0.508 e. The van der Waals surface area contributed by atoms with Gasteiger partial charge in [0.15, 0.2) is 0 Å². The maximum Gasteiger partial charge on any atom is 0.139 e. The predicted molar refractivity (Wildman–Crippen MR) is 84.8 cm³/mol. The van der Waals surface area contributed by atoms with Crippen LogP contribution in [0.15, 0.2) is 23.8 Å². The zero-order chi connectivity index (χ0) is 15.5. The minimum atomic E-state index is -0.205. The number of rotatable bonds is 0. The molecule has 3 heteroatoms. The Morgan fingerprint density at radius 1 is 1.32 bits per heavy atom. The molecule has 0 spiro atoms. The molecule has 3 aliphatic rings.